The van der Waals surface area contributed by atoms with E-state index in [2.05, 4.69) is 0 Å². The van der Waals surface area contributed by atoms with Gasteiger partial charge < -0.3 is 5.73 Å². The third-order valence-corrected chi connectivity index (χ3v) is 2.50. The van der Waals surface area contributed by atoms with E-state index >= 15 is 0 Å². The van der Waals surface area contributed by atoms with E-state index in [4.69, 9.17) is 5.73 Å². The number of hydrogen-bond donors (Lipinski definition) is 1. The summed E-state index contributed by atoms with van der Waals surface area (Å²) in [5.74, 6) is -2.56. The first-order chi connectivity index (χ1) is 6.02. The Kier molecular flexibility index (Phi) is 2.63. The summed E-state index contributed by atoms with van der Waals surface area (Å²) < 4.78 is 25.3. The molecule has 1 aliphatic carbocycles. The quantitative estimate of drug-likeness (QED) is 0.739. The molecule has 14 heavy (non-hydrogen) atoms. The Bertz CT molecular complexity index is 300. The minimum Gasteiger partial charge on any atom is -0.321 e. The van der Waals surface area contributed by atoms with E-state index in [1.54, 1.807) is 12.1 Å². The van der Waals surface area contributed by atoms with Gasteiger partial charge in [0.25, 0.3) is 5.92 Å². The van der Waals surface area contributed by atoms with E-state index < -0.39 is 11.5 Å². The lowest BCUT2D eigenvalue weighted by atomic mass is 9.70. The molecule has 0 unspecified atom stereocenters. The molecule has 0 atom stereocenters. The van der Waals surface area contributed by atoms with Gasteiger partial charge in [-0.3, -0.25) is 0 Å². The van der Waals surface area contributed by atoms with Crippen LogP contribution in [0, 0.1) is 0 Å². The van der Waals surface area contributed by atoms with Gasteiger partial charge in [0.05, 0.1) is 5.54 Å². The average Bonchev–Trinajstić information content (AvgIpc) is 2.02. The third-order valence-electron chi connectivity index (χ3n) is 2.50. The highest BCUT2D eigenvalue weighted by atomic mass is 19.3. The Hall–Kier alpha value is -0.960. The molecular weight excluding hydrogens is 184 g/mol. The fraction of sp³-hybridized carbons (Fsp3) is 0.455. The van der Waals surface area contributed by atoms with Gasteiger partial charge in [0.2, 0.25) is 0 Å². The molecule has 0 aromatic heterocycles. The van der Waals surface area contributed by atoms with Crippen LogP contribution in [0.4, 0.5) is 8.78 Å². The summed E-state index contributed by atoms with van der Waals surface area (Å²) in [6, 6.07) is 9.09. The Morgan fingerprint density at radius 1 is 1.07 bits per heavy atom. The topological polar surface area (TPSA) is 26.0 Å². The molecule has 0 bridgehead atoms. The number of rotatable bonds is 1. The van der Waals surface area contributed by atoms with E-state index in [0.29, 0.717) is 0 Å². The zero-order valence-electron chi connectivity index (χ0n) is 7.13. The molecule has 1 aliphatic rings. The summed E-state index contributed by atoms with van der Waals surface area (Å²) in [6.45, 7) is 0. The lowest BCUT2D eigenvalue weighted by molar-refractivity contribution is -0.125. The summed E-state index contributed by atoms with van der Waals surface area (Å²) in [5.41, 5.74) is 5.83. The maximum Gasteiger partial charge on any atom is 0.252 e. The van der Waals surface area contributed by atoms with Crippen LogP contribution in [0.5, 0.6) is 0 Å². The van der Waals surface area contributed by atoms with Crippen LogP contribution in [0.2, 0.25) is 0 Å². The average molecular weight is 199 g/mol. The van der Waals surface area contributed by atoms with Gasteiger partial charge in [0.1, 0.15) is 0 Å². The van der Waals surface area contributed by atoms with Crippen molar-refractivity contribution in [2.45, 2.75) is 31.7 Å². The van der Waals surface area contributed by atoms with Gasteiger partial charge >= 0.3 is 0 Å². The Morgan fingerprint density at radius 2 is 1.57 bits per heavy atom. The number of hydrogen-bond acceptors (Lipinski definition) is 1. The molecule has 0 saturated heterocycles. The highest BCUT2D eigenvalue weighted by molar-refractivity contribution is 5.28. The van der Waals surface area contributed by atoms with Crippen LogP contribution < -0.4 is 5.73 Å². The molecule has 3 heteroatoms. The first kappa shape index (κ1) is 11.1. The van der Waals surface area contributed by atoms with Crippen LogP contribution in [0.1, 0.15) is 25.8 Å². The molecule has 2 N–H and O–H groups in total. The van der Waals surface area contributed by atoms with Gasteiger partial charge in [0, 0.05) is 12.8 Å². The maximum atomic E-state index is 12.6. The summed E-state index contributed by atoms with van der Waals surface area (Å²) in [7, 11) is 0. The van der Waals surface area contributed by atoms with Gasteiger partial charge in [-0.1, -0.05) is 37.8 Å². The molecule has 78 valence electrons. The summed E-state index contributed by atoms with van der Waals surface area (Å²) >= 11 is 0. The van der Waals surface area contributed by atoms with E-state index in [9.17, 15) is 8.78 Å². The largest absolute Gasteiger partial charge is 0.321 e. The molecule has 1 fully saturated rings. The second-order valence-electron chi connectivity index (χ2n) is 3.73. The SMILES string of the molecule is C.NC1(c2ccccc2)CC(F)(F)C1. The molecule has 1 nitrogen and oxygen atoms in total. The van der Waals surface area contributed by atoms with Gasteiger partial charge in [-0.15, -0.1) is 0 Å². The first-order valence-corrected chi connectivity index (χ1v) is 4.24. The van der Waals surface area contributed by atoms with Crippen molar-refractivity contribution in [1.29, 1.82) is 0 Å². The molecule has 0 radical (unpaired) electrons. The van der Waals surface area contributed by atoms with Gasteiger partial charge in [0.15, 0.2) is 0 Å². The van der Waals surface area contributed by atoms with Crippen molar-refractivity contribution in [3.63, 3.8) is 0 Å². The molecular formula is C11H15F2N. The minimum atomic E-state index is -2.56. The molecule has 1 saturated carbocycles. The monoisotopic (exact) mass is 199 g/mol. The molecule has 0 aliphatic heterocycles. The maximum absolute atomic E-state index is 12.6. The zero-order chi connectivity index (χ0) is 9.53. The fourth-order valence-corrected chi connectivity index (χ4v) is 1.85. The summed E-state index contributed by atoms with van der Waals surface area (Å²) in [4.78, 5) is 0. The molecule has 1 aromatic carbocycles. The van der Waals surface area contributed by atoms with E-state index in [1.807, 2.05) is 18.2 Å². The van der Waals surface area contributed by atoms with Gasteiger partial charge in [-0.25, -0.2) is 8.78 Å². The van der Waals surface area contributed by atoms with Crippen LogP contribution >= 0.6 is 0 Å². The highest BCUT2D eigenvalue weighted by Crippen LogP contribution is 2.49. The molecule has 0 heterocycles. The molecule has 1 aromatic rings. The zero-order valence-corrected chi connectivity index (χ0v) is 7.13. The van der Waals surface area contributed by atoms with Crippen LogP contribution in [0.3, 0.4) is 0 Å². The van der Waals surface area contributed by atoms with E-state index in [0.717, 1.165) is 5.56 Å². The van der Waals surface area contributed by atoms with Crippen molar-refractivity contribution in [2.24, 2.45) is 5.73 Å². The van der Waals surface area contributed by atoms with Crippen molar-refractivity contribution in [3.05, 3.63) is 35.9 Å². The lowest BCUT2D eigenvalue weighted by Gasteiger charge is -2.44. The third kappa shape index (κ3) is 1.77. The summed E-state index contributed by atoms with van der Waals surface area (Å²) in [5, 5.41) is 0. The van der Waals surface area contributed by atoms with Gasteiger partial charge in [-0.05, 0) is 5.56 Å². The summed E-state index contributed by atoms with van der Waals surface area (Å²) in [6.07, 6.45) is -0.464. The predicted molar refractivity (Wildman–Crippen MR) is 53.2 cm³/mol. The van der Waals surface area contributed by atoms with Crippen molar-refractivity contribution < 1.29 is 8.78 Å². The van der Waals surface area contributed by atoms with Crippen LogP contribution in [-0.2, 0) is 5.54 Å². The second kappa shape index (κ2) is 3.31. The number of halogens is 2. The predicted octanol–water partition coefficient (Wildman–Crippen LogP) is 2.91. The number of alkyl halides is 2. The minimum absolute atomic E-state index is 0. The smallest absolute Gasteiger partial charge is 0.252 e. The van der Waals surface area contributed by atoms with Crippen LogP contribution in [0.25, 0.3) is 0 Å². The van der Waals surface area contributed by atoms with E-state index in [-0.39, 0.29) is 20.3 Å². The molecule has 0 amide bonds. The van der Waals surface area contributed by atoms with Gasteiger partial charge in [-0.2, -0.15) is 0 Å². The fourth-order valence-electron chi connectivity index (χ4n) is 1.85. The van der Waals surface area contributed by atoms with Crippen LogP contribution in [0.15, 0.2) is 30.3 Å². The second-order valence-corrected chi connectivity index (χ2v) is 3.73. The number of nitrogens with two attached hydrogens (primary N) is 1. The van der Waals surface area contributed by atoms with Crippen molar-refractivity contribution >= 4 is 0 Å². The number of benzene rings is 1. The van der Waals surface area contributed by atoms with Crippen molar-refractivity contribution in [3.8, 4) is 0 Å². The van der Waals surface area contributed by atoms with E-state index in [1.165, 1.54) is 0 Å². The normalized spacial score (nSPS) is 21.9. The van der Waals surface area contributed by atoms with Crippen molar-refractivity contribution in [2.75, 3.05) is 0 Å². The molecule has 0 spiro atoms. The van der Waals surface area contributed by atoms with Crippen molar-refractivity contribution in [1.82, 2.24) is 0 Å². The Balaban J connectivity index is 0.000000980. The highest BCUT2D eigenvalue weighted by Gasteiger charge is 2.54. The lowest BCUT2D eigenvalue weighted by Crippen LogP contribution is -2.55. The molecule has 2 rings (SSSR count). The standard InChI is InChI=1S/C10H11F2N.CH4/c11-10(12)6-9(13,7-10)8-4-2-1-3-5-8;/h1-5H,6-7,13H2;1H4. The first-order valence-electron chi connectivity index (χ1n) is 4.24. The Labute approximate surface area is 82.9 Å². The Morgan fingerprint density at radius 3 is 2.00 bits per heavy atom. The van der Waals surface area contributed by atoms with Crippen LogP contribution in [-0.4, -0.2) is 5.92 Å².